The average Bonchev–Trinajstić information content (AvgIpc) is 3.66. The molecule has 0 bridgehead atoms. The summed E-state index contributed by atoms with van der Waals surface area (Å²) in [5, 5.41) is 5.16. The van der Waals surface area contributed by atoms with Crippen molar-refractivity contribution in [1.29, 1.82) is 0 Å². The number of anilines is 3. The van der Waals surface area contributed by atoms with Crippen molar-refractivity contribution in [2.45, 2.75) is 32.2 Å². The van der Waals surface area contributed by atoms with Crippen molar-refractivity contribution < 1.29 is 30.8 Å². The van der Waals surface area contributed by atoms with Gasteiger partial charge in [0.15, 0.2) is 23.3 Å². The molecule has 0 atom stereocenters. The van der Waals surface area contributed by atoms with Gasteiger partial charge in [0.25, 0.3) is 16.1 Å². The highest BCUT2D eigenvalue weighted by Gasteiger charge is 2.29. The standard InChI is InChI=1S/C24H22F4IN5O3S/c1-2-31-38(36,37)34-23-20(27)12(7-8-30-23)9-13-10-16(24(35)32-15-4-5-15)22(21(28)19(13)26)33-18-6-3-14(29)11-17(18)25/h3,6-8,10-11,15,31,33H,2,4-5,9H2,1H3,(H,30,34)(H,32,35). The second kappa shape index (κ2) is 11.4. The Balaban J connectivity index is 1.73. The third-order valence-electron chi connectivity index (χ3n) is 5.55. The summed E-state index contributed by atoms with van der Waals surface area (Å²) < 4.78 is 88.7. The quantitative estimate of drug-likeness (QED) is 0.185. The summed E-state index contributed by atoms with van der Waals surface area (Å²) in [6, 6.07) is 6.18. The number of carbonyl (C=O) groups excluding carboxylic acids is 1. The third kappa shape index (κ3) is 6.53. The van der Waals surface area contributed by atoms with Crippen LogP contribution in [0.3, 0.4) is 0 Å². The summed E-state index contributed by atoms with van der Waals surface area (Å²) in [5.74, 6) is -6.02. The molecule has 38 heavy (non-hydrogen) atoms. The van der Waals surface area contributed by atoms with E-state index in [1.807, 2.05) is 27.3 Å². The van der Waals surface area contributed by atoms with Crippen molar-refractivity contribution in [2.24, 2.45) is 0 Å². The van der Waals surface area contributed by atoms with Crippen LogP contribution < -0.4 is 20.1 Å². The Morgan fingerprint density at radius 3 is 2.45 bits per heavy atom. The number of carbonyl (C=O) groups is 1. The van der Waals surface area contributed by atoms with E-state index in [-0.39, 0.29) is 35.0 Å². The molecular weight excluding hydrogens is 641 g/mol. The summed E-state index contributed by atoms with van der Waals surface area (Å²) in [4.78, 5) is 16.6. The number of benzene rings is 2. The number of halogens is 5. The molecule has 1 heterocycles. The molecule has 1 saturated carbocycles. The Hall–Kier alpha value is -2.98. The number of rotatable bonds is 10. The van der Waals surface area contributed by atoms with E-state index in [1.54, 1.807) is 6.07 Å². The predicted molar refractivity (Wildman–Crippen MR) is 142 cm³/mol. The second-order valence-corrected chi connectivity index (χ2v) is 11.2. The Morgan fingerprint density at radius 2 is 1.79 bits per heavy atom. The van der Waals surface area contributed by atoms with Crippen LogP contribution in [-0.4, -0.2) is 31.9 Å². The summed E-state index contributed by atoms with van der Waals surface area (Å²) >= 11 is 1.89. The zero-order valence-electron chi connectivity index (χ0n) is 19.8. The van der Waals surface area contributed by atoms with E-state index in [2.05, 4.69) is 20.3 Å². The van der Waals surface area contributed by atoms with Crippen molar-refractivity contribution in [3.63, 3.8) is 0 Å². The topological polar surface area (TPSA) is 112 Å². The molecule has 1 amide bonds. The summed E-state index contributed by atoms with van der Waals surface area (Å²) in [7, 11) is -4.11. The lowest BCUT2D eigenvalue weighted by molar-refractivity contribution is 0.0951. The minimum absolute atomic E-state index is 0.0410. The van der Waals surface area contributed by atoms with E-state index in [0.717, 1.165) is 25.1 Å². The summed E-state index contributed by atoms with van der Waals surface area (Å²) in [6.45, 7) is 1.57. The fourth-order valence-corrected chi connectivity index (χ4v) is 4.88. The van der Waals surface area contributed by atoms with Crippen LogP contribution in [0.15, 0.2) is 36.5 Å². The van der Waals surface area contributed by atoms with Gasteiger partial charge in [0.1, 0.15) is 5.82 Å². The largest absolute Gasteiger partial charge is 0.350 e. The van der Waals surface area contributed by atoms with Crippen LogP contribution in [0.5, 0.6) is 0 Å². The van der Waals surface area contributed by atoms with E-state index in [4.69, 9.17) is 0 Å². The molecule has 2 aromatic carbocycles. The first-order chi connectivity index (χ1) is 18.0. The maximum Gasteiger partial charge on any atom is 0.300 e. The van der Waals surface area contributed by atoms with Gasteiger partial charge in [0.2, 0.25) is 0 Å². The van der Waals surface area contributed by atoms with Crippen LogP contribution in [-0.2, 0) is 16.6 Å². The van der Waals surface area contributed by atoms with Gasteiger partial charge in [0, 0.05) is 28.8 Å². The zero-order valence-corrected chi connectivity index (χ0v) is 22.8. The molecule has 0 aliphatic heterocycles. The maximum absolute atomic E-state index is 15.4. The van der Waals surface area contributed by atoms with Crippen molar-refractivity contribution in [2.75, 3.05) is 16.6 Å². The fourth-order valence-electron chi connectivity index (χ4n) is 3.57. The van der Waals surface area contributed by atoms with Gasteiger partial charge in [-0.05, 0) is 76.9 Å². The Labute approximate surface area is 229 Å². The molecule has 4 rings (SSSR count). The van der Waals surface area contributed by atoms with Gasteiger partial charge in [-0.25, -0.2) is 22.5 Å². The number of nitrogens with one attached hydrogen (secondary N) is 4. The van der Waals surface area contributed by atoms with Crippen molar-refractivity contribution in [3.05, 3.63) is 80.1 Å². The Bertz CT molecular complexity index is 1500. The molecule has 8 nitrogen and oxygen atoms in total. The van der Waals surface area contributed by atoms with Gasteiger partial charge in [-0.3, -0.25) is 9.52 Å². The smallest absolute Gasteiger partial charge is 0.300 e. The molecule has 1 aliphatic rings. The highest BCUT2D eigenvalue weighted by atomic mass is 127. The van der Waals surface area contributed by atoms with Gasteiger partial charge >= 0.3 is 0 Å². The molecular formula is C24H22F4IN5O3S. The SMILES string of the molecule is CCNS(=O)(=O)Nc1nccc(Cc2cc(C(=O)NC3CC3)c(Nc3ccc(I)cc3F)c(F)c2F)c1F. The van der Waals surface area contributed by atoms with Crippen molar-refractivity contribution in [3.8, 4) is 0 Å². The molecule has 202 valence electrons. The van der Waals surface area contributed by atoms with Gasteiger partial charge in [-0.1, -0.05) is 6.92 Å². The Morgan fingerprint density at radius 1 is 1.05 bits per heavy atom. The molecule has 0 saturated heterocycles. The molecule has 1 fully saturated rings. The van der Waals surface area contributed by atoms with E-state index in [0.29, 0.717) is 3.57 Å². The first-order valence-corrected chi connectivity index (χ1v) is 14.0. The first-order valence-electron chi connectivity index (χ1n) is 11.4. The number of hydrogen-bond acceptors (Lipinski definition) is 5. The Kier molecular flexibility index (Phi) is 8.42. The van der Waals surface area contributed by atoms with Gasteiger partial charge in [0.05, 0.1) is 16.9 Å². The van der Waals surface area contributed by atoms with Gasteiger partial charge in [-0.2, -0.15) is 13.1 Å². The van der Waals surface area contributed by atoms with E-state index < -0.39 is 57.3 Å². The average molecular weight is 663 g/mol. The van der Waals surface area contributed by atoms with Gasteiger partial charge < -0.3 is 10.6 Å². The minimum atomic E-state index is -4.11. The van der Waals surface area contributed by atoms with Crippen LogP contribution in [0.1, 0.15) is 41.3 Å². The van der Waals surface area contributed by atoms with Crippen LogP contribution in [0.2, 0.25) is 0 Å². The summed E-state index contributed by atoms with van der Waals surface area (Å²) in [6.07, 6.45) is 2.02. The highest BCUT2D eigenvalue weighted by molar-refractivity contribution is 14.1. The monoisotopic (exact) mass is 663 g/mol. The molecule has 0 spiro atoms. The lowest BCUT2D eigenvalue weighted by atomic mass is 9.99. The fraction of sp³-hybridized carbons (Fsp3) is 0.250. The van der Waals surface area contributed by atoms with Crippen LogP contribution in [0.4, 0.5) is 34.8 Å². The predicted octanol–water partition coefficient (Wildman–Crippen LogP) is 4.74. The number of nitrogens with zero attached hydrogens (tertiary/aromatic N) is 1. The molecule has 1 aliphatic carbocycles. The van der Waals surface area contributed by atoms with Crippen LogP contribution in [0, 0.1) is 26.8 Å². The minimum Gasteiger partial charge on any atom is -0.350 e. The van der Waals surface area contributed by atoms with E-state index in [1.165, 1.54) is 25.1 Å². The number of aromatic nitrogens is 1. The first kappa shape index (κ1) is 28.0. The van der Waals surface area contributed by atoms with Crippen LogP contribution in [0.25, 0.3) is 0 Å². The molecule has 14 heteroatoms. The third-order valence-corrected chi connectivity index (χ3v) is 7.35. The molecule has 1 aromatic heterocycles. The van der Waals surface area contributed by atoms with Crippen molar-refractivity contribution >= 4 is 55.9 Å². The lowest BCUT2D eigenvalue weighted by Crippen LogP contribution is -2.30. The van der Waals surface area contributed by atoms with E-state index >= 15 is 13.2 Å². The van der Waals surface area contributed by atoms with Crippen LogP contribution >= 0.6 is 22.6 Å². The zero-order chi connectivity index (χ0) is 27.6. The van der Waals surface area contributed by atoms with Gasteiger partial charge in [-0.15, -0.1) is 0 Å². The maximum atomic E-state index is 15.4. The molecule has 4 N–H and O–H groups in total. The number of pyridine rings is 1. The van der Waals surface area contributed by atoms with Crippen molar-refractivity contribution in [1.82, 2.24) is 15.0 Å². The summed E-state index contributed by atoms with van der Waals surface area (Å²) in [5.41, 5.74) is -1.62. The lowest BCUT2D eigenvalue weighted by Gasteiger charge is -2.17. The number of hydrogen-bond donors (Lipinski definition) is 4. The van der Waals surface area contributed by atoms with E-state index in [9.17, 15) is 17.6 Å². The molecule has 0 radical (unpaired) electrons. The number of amides is 1. The normalized spacial score (nSPS) is 13.3. The molecule has 0 unspecified atom stereocenters. The highest BCUT2D eigenvalue weighted by Crippen LogP contribution is 2.33. The molecule has 3 aromatic rings. The second-order valence-electron chi connectivity index (χ2n) is 8.50.